The summed E-state index contributed by atoms with van der Waals surface area (Å²) in [5.41, 5.74) is 0.420. The quantitative estimate of drug-likeness (QED) is 0.732. The van der Waals surface area contributed by atoms with E-state index in [9.17, 15) is 14.4 Å². The molecule has 0 aliphatic carbocycles. The van der Waals surface area contributed by atoms with E-state index in [2.05, 4.69) is 21.2 Å². The highest BCUT2D eigenvalue weighted by molar-refractivity contribution is 9.10. The van der Waals surface area contributed by atoms with Crippen LogP contribution in [-0.2, 0) is 9.59 Å². The highest BCUT2D eigenvalue weighted by atomic mass is 79.9. The van der Waals surface area contributed by atoms with Gasteiger partial charge in [0.25, 0.3) is 5.91 Å². The zero-order chi connectivity index (χ0) is 14.4. The standard InChI is InChI=1S/C11H8BrClN2O4/c12-7-5-6(1-2-8(7)13)14-11(19)15-9(16)3-4-10(17)18/h1-5H,(H,17,18)(H2,14,15,16,19)/b4-3+. The maximum atomic E-state index is 11.4. The summed E-state index contributed by atoms with van der Waals surface area (Å²) in [6, 6.07) is 3.88. The molecule has 0 heterocycles. The van der Waals surface area contributed by atoms with Crippen LogP contribution < -0.4 is 10.6 Å². The molecule has 1 rings (SSSR count). The average Bonchev–Trinajstić information content (AvgIpc) is 2.31. The van der Waals surface area contributed by atoms with Gasteiger partial charge in [0.1, 0.15) is 0 Å². The fraction of sp³-hybridized carbons (Fsp3) is 0. The summed E-state index contributed by atoms with van der Waals surface area (Å²) in [5, 5.41) is 13.1. The first-order valence-corrected chi connectivity index (χ1v) is 6.03. The molecule has 0 atom stereocenters. The van der Waals surface area contributed by atoms with Crippen LogP contribution in [0.4, 0.5) is 10.5 Å². The maximum Gasteiger partial charge on any atom is 0.328 e. The number of hydrogen-bond donors (Lipinski definition) is 3. The molecular weight excluding hydrogens is 339 g/mol. The second-order valence-electron chi connectivity index (χ2n) is 3.24. The summed E-state index contributed by atoms with van der Waals surface area (Å²) in [6.07, 6.45) is 1.36. The number of amides is 3. The molecule has 19 heavy (non-hydrogen) atoms. The number of carbonyl (C=O) groups is 3. The number of aliphatic carboxylic acids is 1. The normalized spacial score (nSPS) is 10.2. The summed E-state index contributed by atoms with van der Waals surface area (Å²) >= 11 is 8.96. The molecular formula is C11H8BrClN2O4. The van der Waals surface area contributed by atoms with E-state index >= 15 is 0 Å². The SMILES string of the molecule is O=C(O)/C=C/C(=O)NC(=O)Nc1ccc(Cl)c(Br)c1. The van der Waals surface area contributed by atoms with E-state index < -0.39 is 17.9 Å². The highest BCUT2D eigenvalue weighted by Gasteiger charge is 2.06. The van der Waals surface area contributed by atoms with Gasteiger partial charge < -0.3 is 10.4 Å². The first kappa shape index (κ1) is 15.2. The third-order valence-corrected chi connectivity index (χ3v) is 3.01. The Hall–Kier alpha value is -1.86. The molecule has 0 bridgehead atoms. The van der Waals surface area contributed by atoms with Crippen LogP contribution in [-0.4, -0.2) is 23.0 Å². The first-order chi connectivity index (χ1) is 8.88. The van der Waals surface area contributed by atoms with Crippen LogP contribution in [0.3, 0.4) is 0 Å². The minimum Gasteiger partial charge on any atom is -0.478 e. The van der Waals surface area contributed by atoms with Crippen LogP contribution in [0.25, 0.3) is 0 Å². The molecule has 3 amide bonds. The van der Waals surface area contributed by atoms with Crippen LogP contribution in [0.1, 0.15) is 0 Å². The van der Waals surface area contributed by atoms with Gasteiger partial charge in [0.2, 0.25) is 0 Å². The van der Waals surface area contributed by atoms with E-state index in [1.807, 2.05) is 5.32 Å². The fourth-order valence-electron chi connectivity index (χ4n) is 1.04. The molecule has 0 unspecified atom stereocenters. The Labute approximate surface area is 121 Å². The van der Waals surface area contributed by atoms with Crippen molar-refractivity contribution >= 4 is 51.1 Å². The van der Waals surface area contributed by atoms with Gasteiger partial charge in [-0.2, -0.15) is 0 Å². The predicted octanol–water partition coefficient (Wildman–Crippen LogP) is 2.39. The zero-order valence-corrected chi connectivity index (χ0v) is 11.7. The van der Waals surface area contributed by atoms with E-state index in [0.29, 0.717) is 21.3 Å². The van der Waals surface area contributed by atoms with Crippen LogP contribution >= 0.6 is 27.5 Å². The van der Waals surface area contributed by atoms with Gasteiger partial charge in [0, 0.05) is 22.3 Å². The first-order valence-electron chi connectivity index (χ1n) is 4.86. The lowest BCUT2D eigenvalue weighted by atomic mass is 10.3. The molecule has 0 saturated carbocycles. The van der Waals surface area contributed by atoms with Crippen molar-refractivity contribution in [2.24, 2.45) is 0 Å². The molecule has 0 aromatic heterocycles. The van der Waals surface area contributed by atoms with Gasteiger partial charge in [-0.3, -0.25) is 10.1 Å². The van der Waals surface area contributed by atoms with Crippen molar-refractivity contribution in [3.8, 4) is 0 Å². The number of benzene rings is 1. The Morgan fingerprint density at radius 3 is 2.53 bits per heavy atom. The van der Waals surface area contributed by atoms with E-state index in [4.69, 9.17) is 16.7 Å². The number of carbonyl (C=O) groups excluding carboxylic acids is 2. The predicted molar refractivity (Wildman–Crippen MR) is 73.1 cm³/mol. The third kappa shape index (κ3) is 5.54. The molecule has 1 aromatic carbocycles. The lowest BCUT2D eigenvalue weighted by molar-refractivity contribution is -0.131. The van der Waals surface area contributed by atoms with Crippen LogP contribution in [0, 0.1) is 0 Å². The van der Waals surface area contributed by atoms with Crippen molar-refractivity contribution in [1.29, 1.82) is 0 Å². The lowest BCUT2D eigenvalue weighted by Crippen LogP contribution is -2.33. The maximum absolute atomic E-state index is 11.4. The zero-order valence-electron chi connectivity index (χ0n) is 9.31. The molecule has 6 nitrogen and oxygen atoms in total. The van der Waals surface area contributed by atoms with Crippen molar-refractivity contribution in [2.45, 2.75) is 0 Å². The average molecular weight is 348 g/mol. The van der Waals surface area contributed by atoms with Crippen LogP contribution in [0.2, 0.25) is 5.02 Å². The lowest BCUT2D eigenvalue weighted by Gasteiger charge is -2.06. The molecule has 8 heteroatoms. The Balaban J connectivity index is 2.58. The number of nitrogens with one attached hydrogen (secondary N) is 2. The van der Waals surface area contributed by atoms with Gasteiger partial charge in [-0.05, 0) is 34.1 Å². The molecule has 0 spiro atoms. The molecule has 3 N–H and O–H groups in total. The van der Waals surface area contributed by atoms with Gasteiger partial charge >= 0.3 is 12.0 Å². The fourth-order valence-corrected chi connectivity index (χ4v) is 1.53. The summed E-state index contributed by atoms with van der Waals surface area (Å²) < 4.78 is 0.587. The third-order valence-electron chi connectivity index (χ3n) is 1.79. The number of imide groups is 1. The van der Waals surface area contributed by atoms with Crippen molar-refractivity contribution in [1.82, 2.24) is 5.32 Å². The summed E-state index contributed by atoms with van der Waals surface area (Å²) in [7, 11) is 0. The number of rotatable bonds is 3. The number of carboxylic acid groups (broad SMARTS) is 1. The Morgan fingerprint density at radius 2 is 1.95 bits per heavy atom. The van der Waals surface area contributed by atoms with E-state index in [0.717, 1.165) is 6.08 Å². The molecule has 100 valence electrons. The van der Waals surface area contributed by atoms with Crippen LogP contribution in [0.5, 0.6) is 0 Å². The van der Waals surface area contributed by atoms with Gasteiger partial charge in [0.05, 0.1) is 5.02 Å². The Kier molecular flexibility index (Phi) is 5.53. The molecule has 1 aromatic rings. The number of anilines is 1. The number of urea groups is 1. The van der Waals surface area contributed by atoms with Gasteiger partial charge in [-0.25, -0.2) is 9.59 Å². The second-order valence-corrected chi connectivity index (χ2v) is 4.51. The summed E-state index contributed by atoms with van der Waals surface area (Å²) in [6.45, 7) is 0. The smallest absolute Gasteiger partial charge is 0.328 e. The summed E-state index contributed by atoms with van der Waals surface area (Å²) in [5.74, 6) is -2.12. The number of carboxylic acids is 1. The van der Waals surface area contributed by atoms with E-state index in [1.165, 1.54) is 0 Å². The Morgan fingerprint density at radius 1 is 1.26 bits per heavy atom. The molecule has 0 radical (unpaired) electrons. The van der Waals surface area contributed by atoms with Crippen molar-refractivity contribution in [3.63, 3.8) is 0 Å². The van der Waals surface area contributed by atoms with Gasteiger partial charge in [-0.1, -0.05) is 11.6 Å². The minimum absolute atomic E-state index is 0.420. The minimum atomic E-state index is -1.28. The molecule has 0 saturated heterocycles. The van der Waals surface area contributed by atoms with Gasteiger partial charge in [-0.15, -0.1) is 0 Å². The van der Waals surface area contributed by atoms with Crippen LogP contribution in [0.15, 0.2) is 34.8 Å². The topological polar surface area (TPSA) is 95.5 Å². The monoisotopic (exact) mass is 346 g/mol. The largest absolute Gasteiger partial charge is 0.478 e. The Bertz CT molecular complexity index is 560. The van der Waals surface area contributed by atoms with Crippen molar-refractivity contribution in [3.05, 3.63) is 39.8 Å². The van der Waals surface area contributed by atoms with E-state index in [1.54, 1.807) is 18.2 Å². The molecule has 0 fully saturated rings. The van der Waals surface area contributed by atoms with Crippen molar-refractivity contribution < 1.29 is 19.5 Å². The second kappa shape index (κ2) is 6.91. The molecule has 0 aliphatic heterocycles. The number of halogens is 2. The van der Waals surface area contributed by atoms with Gasteiger partial charge in [0.15, 0.2) is 0 Å². The van der Waals surface area contributed by atoms with Crippen molar-refractivity contribution in [2.75, 3.05) is 5.32 Å². The summed E-state index contributed by atoms with van der Waals surface area (Å²) in [4.78, 5) is 32.7. The number of hydrogen-bond acceptors (Lipinski definition) is 3. The van der Waals surface area contributed by atoms with E-state index in [-0.39, 0.29) is 0 Å². The molecule has 0 aliphatic rings. The highest BCUT2D eigenvalue weighted by Crippen LogP contribution is 2.25.